The van der Waals surface area contributed by atoms with Gasteiger partial charge in [0.2, 0.25) is 0 Å². The van der Waals surface area contributed by atoms with E-state index in [0.717, 1.165) is 28.6 Å². The third kappa shape index (κ3) is 9.82. The number of benzene rings is 3. The summed E-state index contributed by atoms with van der Waals surface area (Å²) in [6, 6.07) is 19.8. The highest BCUT2D eigenvalue weighted by atomic mass is 35.5. The van der Waals surface area contributed by atoms with Gasteiger partial charge in [-0.3, -0.25) is 9.78 Å². The lowest BCUT2D eigenvalue weighted by atomic mass is 10.0. The summed E-state index contributed by atoms with van der Waals surface area (Å²) in [6.07, 6.45) is -2.60. The fourth-order valence-corrected chi connectivity index (χ4v) is 7.86. The predicted octanol–water partition coefficient (Wildman–Crippen LogP) is 6.64. The molecule has 59 heavy (non-hydrogen) atoms. The summed E-state index contributed by atoms with van der Waals surface area (Å²) in [4.78, 5) is 64.3. The number of ether oxygens (including phenoxy) is 2. The maximum Gasteiger partial charge on any atom is 0.418 e. The molecule has 1 atom stereocenters. The fourth-order valence-electron chi connectivity index (χ4n) is 7.62. The van der Waals surface area contributed by atoms with Gasteiger partial charge >= 0.3 is 24.3 Å². The largest absolute Gasteiger partial charge is 0.457 e. The van der Waals surface area contributed by atoms with E-state index in [-0.39, 0.29) is 61.9 Å². The van der Waals surface area contributed by atoms with E-state index >= 15 is 0 Å². The maximum atomic E-state index is 14.1. The van der Waals surface area contributed by atoms with Crippen molar-refractivity contribution in [1.29, 1.82) is 0 Å². The number of urea groups is 1. The Bertz CT molecular complexity index is 2160. The summed E-state index contributed by atoms with van der Waals surface area (Å²) in [7, 11) is 0. The number of rotatable bonds is 9. The lowest BCUT2D eigenvalue weighted by molar-refractivity contribution is -0.141. The van der Waals surface area contributed by atoms with Crippen molar-refractivity contribution in [1.82, 2.24) is 19.7 Å². The number of esters is 1. The second-order valence-corrected chi connectivity index (χ2v) is 15.1. The van der Waals surface area contributed by atoms with Crippen LogP contribution in [0.1, 0.15) is 45.5 Å². The number of fused-ring (bicyclic) bond motifs is 1. The highest BCUT2D eigenvalue weighted by molar-refractivity contribution is 6.33. The zero-order valence-electron chi connectivity index (χ0n) is 32.0. The van der Waals surface area contributed by atoms with Gasteiger partial charge < -0.3 is 40.1 Å². The quantitative estimate of drug-likeness (QED) is 0.140. The van der Waals surface area contributed by atoms with Crippen LogP contribution < -0.4 is 16.0 Å². The van der Waals surface area contributed by atoms with Crippen molar-refractivity contribution in [3.63, 3.8) is 0 Å². The average molecular weight is 834 g/mol. The van der Waals surface area contributed by atoms with Gasteiger partial charge in [0.25, 0.3) is 5.91 Å². The first-order chi connectivity index (χ1) is 28.3. The predicted molar refractivity (Wildman–Crippen MR) is 214 cm³/mol. The average Bonchev–Trinajstić information content (AvgIpc) is 3.41. The Labute approximate surface area is 343 Å². The van der Waals surface area contributed by atoms with E-state index < -0.39 is 41.5 Å². The zero-order chi connectivity index (χ0) is 41.7. The number of amides is 4. The lowest BCUT2D eigenvalue weighted by Gasteiger charge is -2.39. The van der Waals surface area contributed by atoms with Gasteiger partial charge in [-0.1, -0.05) is 29.8 Å². The number of nitrogens with one attached hydrogen (secondary N) is 1. The summed E-state index contributed by atoms with van der Waals surface area (Å²) in [5, 5.41) is 2.64. The number of carbonyl (C=O) groups is 4. The number of nitrogens with zero attached hydrogens (tertiary/aromatic N) is 5. The van der Waals surface area contributed by atoms with Gasteiger partial charge in [-0.05, 0) is 90.6 Å². The van der Waals surface area contributed by atoms with Crippen LogP contribution in [0, 0.1) is 0 Å². The molecule has 0 unspecified atom stereocenters. The molecule has 0 aliphatic carbocycles. The number of hydrogen-bond donors (Lipinski definition) is 2. The van der Waals surface area contributed by atoms with Crippen molar-refractivity contribution >= 4 is 52.7 Å². The molecule has 3 N–H and O–H groups in total. The minimum atomic E-state index is -4.81. The van der Waals surface area contributed by atoms with E-state index in [0.29, 0.717) is 44.5 Å². The molecule has 3 aliphatic rings. The molecule has 2 fully saturated rings. The van der Waals surface area contributed by atoms with E-state index in [1.807, 2.05) is 29.2 Å². The smallest absolute Gasteiger partial charge is 0.418 e. The van der Waals surface area contributed by atoms with Crippen LogP contribution in [-0.2, 0) is 39.9 Å². The molecule has 4 amide bonds. The summed E-state index contributed by atoms with van der Waals surface area (Å²) >= 11 is 6.13. The number of hydrogen-bond acceptors (Lipinski definition) is 9. The van der Waals surface area contributed by atoms with Crippen molar-refractivity contribution in [2.45, 2.75) is 50.6 Å². The first-order valence-corrected chi connectivity index (χ1v) is 19.7. The van der Waals surface area contributed by atoms with E-state index in [1.54, 1.807) is 53.7 Å². The number of piperazine rings is 1. The van der Waals surface area contributed by atoms with Gasteiger partial charge in [0.15, 0.2) is 6.10 Å². The summed E-state index contributed by atoms with van der Waals surface area (Å²) < 4.78 is 53.0. The third-order valence-corrected chi connectivity index (χ3v) is 11.2. The normalized spacial score (nSPS) is 16.8. The van der Waals surface area contributed by atoms with Crippen molar-refractivity contribution in [3.05, 3.63) is 118 Å². The summed E-state index contributed by atoms with van der Waals surface area (Å²) in [5.74, 6) is -1.04. The Hall–Kier alpha value is -6.03. The number of carbonyl (C=O) groups excluding carboxylic acids is 4. The third-order valence-electron chi connectivity index (χ3n) is 10.9. The maximum absolute atomic E-state index is 14.1. The van der Waals surface area contributed by atoms with Crippen molar-refractivity contribution < 1.29 is 41.8 Å². The minimum absolute atomic E-state index is 0.0209. The van der Waals surface area contributed by atoms with Crippen molar-refractivity contribution in [3.8, 4) is 0 Å². The van der Waals surface area contributed by atoms with Crippen molar-refractivity contribution in [2.24, 2.45) is 0 Å². The molecule has 13 nitrogen and oxygen atoms in total. The Morgan fingerprint density at radius 3 is 2.27 bits per heavy atom. The number of anilines is 3. The van der Waals surface area contributed by atoms with Gasteiger partial charge in [0, 0.05) is 82.0 Å². The van der Waals surface area contributed by atoms with E-state index in [2.05, 4.69) is 10.3 Å². The number of pyridine rings is 1. The number of nitrogen functional groups attached to an aromatic ring is 1. The molecule has 0 radical (unpaired) electrons. The zero-order valence-corrected chi connectivity index (χ0v) is 32.8. The van der Waals surface area contributed by atoms with Gasteiger partial charge in [0.05, 0.1) is 21.8 Å². The van der Waals surface area contributed by atoms with E-state index in [4.69, 9.17) is 26.8 Å². The SMILES string of the molecule is Nc1c(Cl)cc(C[C@@H](OC(=O)N2CCC(N3CCc4ccccc4NC3=O)CC2)C(=O)N2CCN(c3ccc(C(=O)OCc4ccncc4)cc3)CC2)cc1C(F)(F)F. The molecule has 2 saturated heterocycles. The number of piperidine rings is 1. The highest BCUT2D eigenvalue weighted by Crippen LogP contribution is 2.38. The molecule has 0 saturated carbocycles. The van der Waals surface area contributed by atoms with Gasteiger partial charge in [0.1, 0.15) is 6.61 Å². The van der Waals surface area contributed by atoms with Crippen LogP contribution in [0.4, 0.5) is 39.8 Å². The van der Waals surface area contributed by atoms with Crippen molar-refractivity contribution in [2.75, 3.05) is 61.8 Å². The fraction of sp³-hybridized carbons (Fsp3) is 0.357. The molecule has 4 aromatic rings. The molecule has 310 valence electrons. The van der Waals surface area contributed by atoms with Gasteiger partial charge in [-0.15, -0.1) is 0 Å². The minimum Gasteiger partial charge on any atom is -0.457 e. The number of halogens is 4. The number of aromatic nitrogens is 1. The Balaban J connectivity index is 0.991. The Morgan fingerprint density at radius 1 is 0.881 bits per heavy atom. The van der Waals surface area contributed by atoms with Crippen LogP contribution in [0.3, 0.4) is 0 Å². The number of alkyl halides is 3. The Morgan fingerprint density at radius 2 is 1.58 bits per heavy atom. The Kier molecular flexibility index (Phi) is 12.4. The van der Waals surface area contributed by atoms with Crippen LogP contribution in [0.25, 0.3) is 0 Å². The topological polar surface area (TPSA) is 151 Å². The van der Waals surface area contributed by atoms with E-state index in [9.17, 15) is 32.3 Å². The van der Waals surface area contributed by atoms with Crippen LogP contribution in [0.2, 0.25) is 5.02 Å². The van der Waals surface area contributed by atoms with Crippen LogP contribution in [0.5, 0.6) is 0 Å². The second-order valence-electron chi connectivity index (χ2n) is 14.7. The molecule has 3 aromatic carbocycles. The first kappa shape index (κ1) is 41.1. The second kappa shape index (κ2) is 17.9. The summed E-state index contributed by atoms with van der Waals surface area (Å²) in [5.41, 5.74) is 7.71. The molecule has 1 aromatic heterocycles. The number of nitrogens with two attached hydrogens (primary N) is 1. The van der Waals surface area contributed by atoms with Crippen LogP contribution in [-0.4, -0.2) is 102 Å². The molecule has 7 rings (SSSR count). The molecular weight excluding hydrogens is 791 g/mol. The molecule has 4 heterocycles. The number of para-hydroxylation sites is 1. The highest BCUT2D eigenvalue weighted by Gasteiger charge is 2.38. The molecule has 17 heteroatoms. The standard InChI is InChI=1S/C42H43ClF3N7O6/c43-34-24-28(23-33(37(34)47)42(44,45)46)25-36(59-41(57)52-16-12-32(13-17-52)53-18-11-29-3-1-2-4-35(29)49-40(53)56)38(54)51-21-19-50(20-22-51)31-7-5-30(6-8-31)39(55)58-26-27-9-14-48-15-10-27/h1-10,14-15,23-24,32,36H,11-13,16-22,25-26,47H2,(H,49,56)/t36-/m1/s1. The van der Waals surface area contributed by atoms with E-state index in [1.165, 1.54) is 15.9 Å². The summed E-state index contributed by atoms with van der Waals surface area (Å²) in [6.45, 7) is 2.36. The molecule has 0 spiro atoms. The van der Waals surface area contributed by atoms with Crippen LogP contribution in [0.15, 0.2) is 85.2 Å². The number of likely N-dealkylation sites (tertiary alicyclic amines) is 1. The van der Waals surface area contributed by atoms with Gasteiger partial charge in [-0.2, -0.15) is 13.2 Å². The van der Waals surface area contributed by atoms with Crippen LogP contribution >= 0.6 is 11.6 Å². The monoisotopic (exact) mass is 833 g/mol. The molecule has 0 bridgehead atoms. The van der Waals surface area contributed by atoms with Gasteiger partial charge in [-0.25, -0.2) is 14.4 Å². The first-order valence-electron chi connectivity index (χ1n) is 19.3. The molecular formula is C42H43ClF3N7O6. The molecule has 3 aliphatic heterocycles. The lowest BCUT2D eigenvalue weighted by Crippen LogP contribution is -2.54.